The molecule has 1 heterocycles. The molecule has 0 aliphatic heterocycles. The molecular weight excluding hydrogens is 494 g/mol. The molecule has 5 nitrogen and oxygen atoms in total. The van der Waals surface area contributed by atoms with Crippen molar-refractivity contribution in [3.05, 3.63) is 21.9 Å². The summed E-state index contributed by atoms with van der Waals surface area (Å²) in [5, 5.41) is 3.24. The van der Waals surface area contributed by atoms with E-state index in [9.17, 15) is 19.2 Å². The molecule has 0 spiro atoms. The molecule has 1 unspecified atom stereocenters. The number of rotatable bonds is 7. The highest BCUT2D eigenvalue weighted by atomic mass is 32.1. The Morgan fingerprint density at radius 3 is 2.47 bits per heavy atom. The molecule has 4 fully saturated rings. The number of hydrogen-bond donors (Lipinski definition) is 1. The quantitative estimate of drug-likeness (QED) is 0.380. The van der Waals surface area contributed by atoms with Gasteiger partial charge in [-0.25, -0.2) is 0 Å². The molecule has 4 aliphatic carbocycles. The number of hydrogen-bond acceptors (Lipinski definition) is 5. The first-order valence-electron chi connectivity index (χ1n) is 14.9. The summed E-state index contributed by atoms with van der Waals surface area (Å²) in [7, 11) is 0. The lowest BCUT2D eigenvalue weighted by molar-refractivity contribution is -0.159. The summed E-state index contributed by atoms with van der Waals surface area (Å²) >= 11 is 1.48. The Hall–Kier alpha value is -1.82. The number of ketones is 3. The van der Waals surface area contributed by atoms with Crippen LogP contribution in [0.15, 0.2) is 12.1 Å². The fraction of sp³-hybridized carbons (Fsp3) is 0.750. The van der Waals surface area contributed by atoms with E-state index in [0.29, 0.717) is 55.0 Å². The standard InChI is InChI=1S/C32H45NO4S/c1-6-25(28-10-9-27(38-28)19(3)34)33-29(37)15-18(2)22-7-8-23-30-24(12-14-32(22,23)5)31(4)13-11-21(35)16-20(31)17-26(30)36/h9-10,18,20,22-25,30H,6-8,11-17H2,1-5H3,(H,33,37)/t18-,20+,22?,23+,24+,25-,30+,31+,32-/m1/s1. The van der Waals surface area contributed by atoms with E-state index in [1.807, 2.05) is 12.1 Å². The average molecular weight is 540 g/mol. The molecule has 1 aromatic rings. The lowest BCUT2D eigenvalue weighted by atomic mass is 9.44. The summed E-state index contributed by atoms with van der Waals surface area (Å²) in [5.74, 6) is 2.79. The van der Waals surface area contributed by atoms with E-state index >= 15 is 0 Å². The van der Waals surface area contributed by atoms with Crippen LogP contribution >= 0.6 is 11.3 Å². The second-order valence-electron chi connectivity index (χ2n) is 13.6. The van der Waals surface area contributed by atoms with Gasteiger partial charge in [0.05, 0.1) is 10.9 Å². The van der Waals surface area contributed by atoms with Gasteiger partial charge in [-0.3, -0.25) is 19.2 Å². The highest BCUT2D eigenvalue weighted by Gasteiger charge is 2.63. The van der Waals surface area contributed by atoms with Crippen LogP contribution in [0.1, 0.15) is 119 Å². The van der Waals surface area contributed by atoms with Crippen molar-refractivity contribution in [1.82, 2.24) is 5.32 Å². The van der Waals surface area contributed by atoms with Crippen LogP contribution in [0.5, 0.6) is 0 Å². The number of fused-ring (bicyclic) bond motifs is 5. The highest BCUT2D eigenvalue weighted by Crippen LogP contribution is 2.67. The first-order chi connectivity index (χ1) is 18.0. The highest BCUT2D eigenvalue weighted by molar-refractivity contribution is 7.14. The Labute approximate surface area is 231 Å². The third-order valence-corrected chi connectivity index (χ3v) is 12.9. The van der Waals surface area contributed by atoms with Gasteiger partial charge in [0.15, 0.2) is 5.78 Å². The van der Waals surface area contributed by atoms with Crippen LogP contribution in [0.4, 0.5) is 0 Å². The van der Waals surface area contributed by atoms with Crippen molar-refractivity contribution >= 4 is 34.6 Å². The van der Waals surface area contributed by atoms with Crippen molar-refractivity contribution in [2.24, 2.45) is 46.3 Å². The normalized spacial score (nSPS) is 38.1. The Balaban J connectivity index is 1.26. The zero-order valence-electron chi connectivity index (χ0n) is 23.8. The fourth-order valence-electron chi connectivity index (χ4n) is 9.49. The van der Waals surface area contributed by atoms with Crippen LogP contribution in [-0.4, -0.2) is 23.3 Å². The summed E-state index contributed by atoms with van der Waals surface area (Å²) in [4.78, 5) is 52.5. The number of nitrogens with one attached hydrogen (secondary N) is 1. The summed E-state index contributed by atoms with van der Waals surface area (Å²) in [6.45, 7) is 10.7. The summed E-state index contributed by atoms with van der Waals surface area (Å²) in [6.07, 6.45) is 8.49. The second-order valence-corrected chi connectivity index (χ2v) is 14.7. The van der Waals surface area contributed by atoms with Crippen LogP contribution < -0.4 is 5.32 Å². The SMILES string of the molecule is CC[C@@H](NC(=O)C[C@@H](C)C1CC[C@H]2[C@@H]3C(=O)C[C@@H]4CC(=O)CC[C@]4(C)[C@H]3CC[C@]12C)c1ccc(C(C)=O)s1. The van der Waals surface area contributed by atoms with Crippen molar-refractivity contribution in [1.29, 1.82) is 0 Å². The van der Waals surface area contributed by atoms with Gasteiger partial charge >= 0.3 is 0 Å². The van der Waals surface area contributed by atoms with Gasteiger partial charge in [-0.05, 0) is 98.0 Å². The maximum absolute atomic E-state index is 13.6. The molecular formula is C32H45NO4S. The molecule has 1 amide bonds. The zero-order valence-corrected chi connectivity index (χ0v) is 24.6. The van der Waals surface area contributed by atoms with Crippen LogP contribution in [0.2, 0.25) is 0 Å². The Morgan fingerprint density at radius 2 is 1.79 bits per heavy atom. The Morgan fingerprint density at radius 1 is 1.05 bits per heavy atom. The van der Waals surface area contributed by atoms with E-state index in [-0.39, 0.29) is 46.3 Å². The topological polar surface area (TPSA) is 80.3 Å². The second kappa shape index (κ2) is 10.3. The van der Waals surface area contributed by atoms with Gasteiger partial charge in [-0.2, -0.15) is 0 Å². The lowest BCUT2D eigenvalue weighted by Gasteiger charge is -2.59. The number of Topliss-reactive ketones (excluding diaryl/α,β-unsaturated/α-hetero) is 3. The molecule has 4 aliphatic rings. The van der Waals surface area contributed by atoms with Crippen LogP contribution in [0, 0.1) is 46.3 Å². The van der Waals surface area contributed by atoms with Crippen LogP contribution in [0.3, 0.4) is 0 Å². The van der Waals surface area contributed by atoms with Gasteiger partial charge < -0.3 is 5.32 Å². The van der Waals surface area contributed by atoms with Crippen molar-refractivity contribution in [3.8, 4) is 0 Å². The van der Waals surface area contributed by atoms with Gasteiger partial charge in [-0.15, -0.1) is 11.3 Å². The van der Waals surface area contributed by atoms with Crippen molar-refractivity contribution < 1.29 is 19.2 Å². The van der Waals surface area contributed by atoms with E-state index in [0.717, 1.165) is 48.3 Å². The minimum absolute atomic E-state index is 0.0627. The van der Waals surface area contributed by atoms with Crippen molar-refractivity contribution in [2.75, 3.05) is 0 Å². The summed E-state index contributed by atoms with van der Waals surface area (Å²) < 4.78 is 0. The Kier molecular flexibility index (Phi) is 7.52. The molecule has 9 atom stereocenters. The third-order valence-electron chi connectivity index (χ3n) is 11.6. The number of thiophene rings is 1. The molecule has 0 saturated heterocycles. The maximum atomic E-state index is 13.6. The van der Waals surface area contributed by atoms with Gasteiger partial charge in [0.2, 0.25) is 5.91 Å². The molecule has 0 bridgehead atoms. The third kappa shape index (κ3) is 4.63. The van der Waals surface area contributed by atoms with E-state index in [2.05, 4.69) is 33.0 Å². The number of carbonyl (C=O) groups is 4. The number of carbonyl (C=O) groups excluding carboxylic acids is 4. The lowest BCUT2D eigenvalue weighted by Crippen LogP contribution is -2.57. The van der Waals surface area contributed by atoms with E-state index in [1.54, 1.807) is 6.92 Å². The largest absolute Gasteiger partial charge is 0.348 e. The van der Waals surface area contributed by atoms with Crippen molar-refractivity contribution in [2.45, 2.75) is 105 Å². The summed E-state index contributed by atoms with van der Waals surface area (Å²) in [5.41, 5.74) is 0.217. The summed E-state index contributed by atoms with van der Waals surface area (Å²) in [6, 6.07) is 3.76. The van der Waals surface area contributed by atoms with Crippen LogP contribution in [0.25, 0.3) is 0 Å². The smallest absolute Gasteiger partial charge is 0.220 e. The molecule has 0 aromatic carbocycles. The zero-order chi connectivity index (χ0) is 27.4. The molecule has 1 N–H and O–H groups in total. The first-order valence-corrected chi connectivity index (χ1v) is 15.7. The van der Waals surface area contributed by atoms with E-state index < -0.39 is 0 Å². The van der Waals surface area contributed by atoms with Gasteiger partial charge in [0.1, 0.15) is 11.6 Å². The fourth-order valence-corrected chi connectivity index (χ4v) is 10.5. The van der Waals surface area contributed by atoms with E-state index in [4.69, 9.17) is 0 Å². The van der Waals surface area contributed by atoms with Gasteiger partial charge in [0.25, 0.3) is 0 Å². The predicted molar refractivity (Wildman–Crippen MR) is 150 cm³/mol. The van der Waals surface area contributed by atoms with E-state index in [1.165, 1.54) is 11.3 Å². The molecule has 4 saturated carbocycles. The van der Waals surface area contributed by atoms with Gasteiger partial charge in [-0.1, -0.05) is 27.7 Å². The monoisotopic (exact) mass is 539 g/mol. The first kappa shape index (κ1) is 27.7. The molecule has 38 heavy (non-hydrogen) atoms. The molecule has 5 rings (SSSR count). The average Bonchev–Trinajstić information content (AvgIpc) is 3.48. The molecule has 208 valence electrons. The van der Waals surface area contributed by atoms with Crippen LogP contribution in [-0.2, 0) is 14.4 Å². The molecule has 0 radical (unpaired) electrons. The molecule has 6 heteroatoms. The van der Waals surface area contributed by atoms with Gasteiger partial charge in [0, 0.05) is 36.5 Å². The molecule has 1 aromatic heterocycles. The maximum Gasteiger partial charge on any atom is 0.220 e. The minimum Gasteiger partial charge on any atom is -0.348 e. The predicted octanol–water partition coefficient (Wildman–Crippen LogP) is 6.95. The minimum atomic E-state index is -0.0638. The Bertz CT molecular complexity index is 1120. The number of amides is 1. The van der Waals surface area contributed by atoms with Crippen molar-refractivity contribution in [3.63, 3.8) is 0 Å².